The molecule has 24 heavy (non-hydrogen) atoms. The predicted octanol–water partition coefficient (Wildman–Crippen LogP) is 1.80. The molecule has 0 saturated carbocycles. The first-order valence-electron chi connectivity index (χ1n) is 6.79. The lowest BCUT2D eigenvalue weighted by molar-refractivity contribution is -0.140. The molecule has 0 fully saturated rings. The monoisotopic (exact) mass is 334 g/mol. The quantitative estimate of drug-likeness (QED) is 0.480. The Hall–Kier alpha value is -3.42. The molecule has 0 aromatic heterocycles. The van der Waals surface area contributed by atoms with Gasteiger partial charge in [0.25, 0.3) is 0 Å². The second kappa shape index (κ2) is 7.23. The predicted molar refractivity (Wildman–Crippen MR) is 80.0 cm³/mol. The molecule has 0 aliphatic carbocycles. The Morgan fingerprint density at radius 1 is 0.625 bits per heavy atom. The minimum Gasteiger partial charge on any atom is -0.508 e. The summed E-state index contributed by atoms with van der Waals surface area (Å²) in [6, 6.07) is 6.66. The van der Waals surface area contributed by atoms with Crippen LogP contribution >= 0.6 is 0 Å². The number of aromatic hydroxyl groups is 4. The van der Waals surface area contributed by atoms with E-state index in [0.29, 0.717) is 0 Å². The number of carbonyl (C=O) groups is 2. The van der Waals surface area contributed by atoms with Crippen molar-refractivity contribution < 1.29 is 39.5 Å². The Bertz CT molecular complexity index is 663. The van der Waals surface area contributed by atoms with E-state index in [4.69, 9.17) is 9.47 Å². The number of ether oxygens (including phenoxy) is 2. The highest BCUT2D eigenvalue weighted by atomic mass is 16.5. The van der Waals surface area contributed by atoms with E-state index in [2.05, 4.69) is 0 Å². The number of hydrogen-bond donors (Lipinski definition) is 4. The van der Waals surface area contributed by atoms with Crippen LogP contribution in [-0.2, 0) is 9.59 Å². The second-order valence-electron chi connectivity index (χ2n) is 4.82. The van der Waals surface area contributed by atoms with Gasteiger partial charge < -0.3 is 29.9 Å². The van der Waals surface area contributed by atoms with Gasteiger partial charge in [-0.15, -0.1) is 0 Å². The normalized spacial score (nSPS) is 10.2. The Kier molecular flexibility index (Phi) is 5.10. The van der Waals surface area contributed by atoms with Gasteiger partial charge in [0.05, 0.1) is 12.8 Å². The highest BCUT2D eigenvalue weighted by Crippen LogP contribution is 2.27. The van der Waals surface area contributed by atoms with Crippen molar-refractivity contribution in [3.63, 3.8) is 0 Å². The van der Waals surface area contributed by atoms with Crippen LogP contribution in [0.5, 0.6) is 34.5 Å². The summed E-state index contributed by atoms with van der Waals surface area (Å²) in [5, 5.41) is 37.1. The molecular weight excluding hydrogens is 320 g/mol. The second-order valence-corrected chi connectivity index (χ2v) is 4.82. The van der Waals surface area contributed by atoms with Crippen LogP contribution in [0.4, 0.5) is 0 Å². The van der Waals surface area contributed by atoms with E-state index in [-0.39, 0.29) is 47.3 Å². The molecule has 0 aliphatic rings. The van der Waals surface area contributed by atoms with Crippen molar-refractivity contribution in [3.05, 3.63) is 36.4 Å². The molecule has 0 aliphatic heterocycles. The first kappa shape index (κ1) is 16.9. The molecule has 0 amide bonds. The van der Waals surface area contributed by atoms with E-state index in [9.17, 15) is 30.0 Å². The first-order chi connectivity index (χ1) is 11.3. The maximum Gasteiger partial charge on any atom is 0.311 e. The zero-order chi connectivity index (χ0) is 17.7. The third kappa shape index (κ3) is 5.09. The van der Waals surface area contributed by atoms with E-state index in [1.807, 2.05) is 0 Å². The molecule has 0 saturated heterocycles. The van der Waals surface area contributed by atoms with Gasteiger partial charge >= 0.3 is 11.9 Å². The number of esters is 2. The topological polar surface area (TPSA) is 134 Å². The largest absolute Gasteiger partial charge is 0.508 e. The molecule has 0 atom stereocenters. The SMILES string of the molecule is O=C(CCC(=O)Oc1cc(O)cc(O)c1)Oc1cc(O)cc(O)c1. The summed E-state index contributed by atoms with van der Waals surface area (Å²) < 4.78 is 9.74. The van der Waals surface area contributed by atoms with Crippen LogP contribution in [0.3, 0.4) is 0 Å². The maximum atomic E-state index is 11.6. The Morgan fingerprint density at radius 3 is 1.21 bits per heavy atom. The maximum absolute atomic E-state index is 11.6. The van der Waals surface area contributed by atoms with Crippen LogP contribution in [0.1, 0.15) is 12.8 Å². The minimum absolute atomic E-state index is 0.0660. The molecule has 0 spiro atoms. The third-order valence-corrected chi connectivity index (χ3v) is 2.75. The van der Waals surface area contributed by atoms with Gasteiger partial charge in [-0.05, 0) is 0 Å². The Balaban J connectivity index is 1.85. The van der Waals surface area contributed by atoms with Crippen molar-refractivity contribution in [2.75, 3.05) is 0 Å². The van der Waals surface area contributed by atoms with E-state index < -0.39 is 11.9 Å². The van der Waals surface area contributed by atoms with E-state index >= 15 is 0 Å². The molecule has 0 heterocycles. The van der Waals surface area contributed by atoms with Gasteiger partial charge in [0.15, 0.2) is 0 Å². The fourth-order valence-electron chi connectivity index (χ4n) is 1.82. The van der Waals surface area contributed by atoms with Crippen molar-refractivity contribution in [1.82, 2.24) is 0 Å². The lowest BCUT2D eigenvalue weighted by Crippen LogP contribution is -2.14. The van der Waals surface area contributed by atoms with E-state index in [0.717, 1.165) is 36.4 Å². The lowest BCUT2D eigenvalue weighted by Gasteiger charge is -2.07. The fourth-order valence-corrected chi connectivity index (χ4v) is 1.82. The van der Waals surface area contributed by atoms with E-state index in [1.165, 1.54) is 0 Å². The van der Waals surface area contributed by atoms with Crippen LogP contribution < -0.4 is 9.47 Å². The van der Waals surface area contributed by atoms with Crippen LogP contribution in [0.25, 0.3) is 0 Å². The van der Waals surface area contributed by atoms with Gasteiger partial charge in [-0.2, -0.15) is 0 Å². The van der Waals surface area contributed by atoms with E-state index in [1.54, 1.807) is 0 Å². The first-order valence-corrected chi connectivity index (χ1v) is 6.79. The number of hydrogen-bond acceptors (Lipinski definition) is 8. The number of rotatable bonds is 5. The summed E-state index contributed by atoms with van der Waals surface area (Å²) >= 11 is 0. The summed E-state index contributed by atoms with van der Waals surface area (Å²) in [5.74, 6) is -2.78. The van der Waals surface area contributed by atoms with Gasteiger partial charge in [-0.25, -0.2) is 0 Å². The van der Waals surface area contributed by atoms with Gasteiger partial charge in [0.2, 0.25) is 0 Å². The highest BCUT2D eigenvalue weighted by Gasteiger charge is 2.13. The Morgan fingerprint density at radius 2 is 0.917 bits per heavy atom. The number of phenolic OH excluding ortho intramolecular Hbond substituents is 4. The van der Waals surface area contributed by atoms with Crippen molar-refractivity contribution >= 4 is 11.9 Å². The summed E-state index contributed by atoms with van der Waals surface area (Å²) in [6.07, 6.45) is -0.611. The van der Waals surface area contributed by atoms with Gasteiger partial charge in [0.1, 0.15) is 34.5 Å². The summed E-state index contributed by atoms with van der Waals surface area (Å²) in [6.45, 7) is 0. The molecule has 0 unspecified atom stereocenters. The molecule has 2 aromatic rings. The average molecular weight is 334 g/mol. The van der Waals surface area contributed by atoms with Crippen LogP contribution in [0.15, 0.2) is 36.4 Å². The smallest absolute Gasteiger partial charge is 0.311 e. The standard InChI is InChI=1S/C16H14O8/c17-9-3-10(18)6-13(5-9)23-15(21)1-2-16(22)24-14-7-11(19)4-12(20)8-14/h3-8,17-20H,1-2H2. The average Bonchev–Trinajstić information content (AvgIpc) is 2.42. The molecule has 0 bridgehead atoms. The van der Waals surface area contributed by atoms with Crippen LogP contribution in [0.2, 0.25) is 0 Å². The van der Waals surface area contributed by atoms with Crippen LogP contribution in [-0.4, -0.2) is 32.4 Å². The van der Waals surface area contributed by atoms with Gasteiger partial charge in [0, 0.05) is 36.4 Å². The molecule has 2 aromatic carbocycles. The van der Waals surface area contributed by atoms with Crippen molar-refractivity contribution in [3.8, 4) is 34.5 Å². The molecule has 2 rings (SSSR count). The molecular formula is C16H14O8. The highest BCUT2D eigenvalue weighted by molar-refractivity contribution is 5.80. The Labute approximate surface area is 136 Å². The number of carbonyl (C=O) groups excluding carboxylic acids is 2. The van der Waals surface area contributed by atoms with Gasteiger partial charge in [-0.1, -0.05) is 0 Å². The molecule has 8 heteroatoms. The van der Waals surface area contributed by atoms with Crippen molar-refractivity contribution in [2.45, 2.75) is 12.8 Å². The fraction of sp³-hybridized carbons (Fsp3) is 0.125. The molecule has 126 valence electrons. The third-order valence-electron chi connectivity index (χ3n) is 2.75. The van der Waals surface area contributed by atoms with Crippen molar-refractivity contribution in [1.29, 1.82) is 0 Å². The number of benzene rings is 2. The molecule has 0 radical (unpaired) electrons. The summed E-state index contributed by atoms with van der Waals surface area (Å²) in [7, 11) is 0. The van der Waals surface area contributed by atoms with Gasteiger partial charge in [-0.3, -0.25) is 9.59 Å². The zero-order valence-corrected chi connectivity index (χ0v) is 12.3. The molecule has 4 N–H and O–H groups in total. The summed E-state index contributed by atoms with van der Waals surface area (Å²) in [5.41, 5.74) is 0. The summed E-state index contributed by atoms with van der Waals surface area (Å²) in [4.78, 5) is 23.3. The van der Waals surface area contributed by atoms with Crippen LogP contribution in [0, 0.1) is 0 Å². The van der Waals surface area contributed by atoms with Crippen molar-refractivity contribution in [2.24, 2.45) is 0 Å². The lowest BCUT2D eigenvalue weighted by atomic mass is 10.3. The zero-order valence-electron chi connectivity index (χ0n) is 12.3. The number of phenols is 4. The molecule has 8 nitrogen and oxygen atoms in total. The minimum atomic E-state index is -0.768.